The van der Waals surface area contributed by atoms with Crippen LogP contribution in [-0.4, -0.2) is 44.0 Å². The molecule has 0 heterocycles. The molecule has 0 atom stereocenters. The Labute approximate surface area is 155 Å². The number of nitrogens with one attached hydrogen (secondary N) is 1. The fourth-order valence-corrected chi connectivity index (χ4v) is 4.49. The first kappa shape index (κ1) is 20.2. The summed E-state index contributed by atoms with van der Waals surface area (Å²) in [7, 11) is -3.40. The summed E-state index contributed by atoms with van der Waals surface area (Å²) in [6.45, 7) is 0.382. The summed E-state index contributed by atoms with van der Waals surface area (Å²) in [6, 6.07) is 7.41. The van der Waals surface area contributed by atoms with Crippen molar-refractivity contribution in [1.29, 1.82) is 0 Å². The Balaban J connectivity index is 1.87. The quantitative estimate of drug-likeness (QED) is 0.732. The third-order valence-electron chi connectivity index (χ3n) is 4.61. The Kier molecular flexibility index (Phi) is 7.72. The molecule has 0 spiro atoms. The minimum atomic E-state index is -3.40. The number of halogens is 1. The molecule has 1 saturated carbocycles. The highest BCUT2D eigenvalue weighted by Gasteiger charge is 2.29. The van der Waals surface area contributed by atoms with Gasteiger partial charge in [0.1, 0.15) is 0 Å². The predicted molar refractivity (Wildman–Crippen MR) is 101 cm³/mol. The van der Waals surface area contributed by atoms with Gasteiger partial charge in [0.25, 0.3) is 0 Å². The summed E-state index contributed by atoms with van der Waals surface area (Å²) in [6.07, 6.45) is 7.88. The summed E-state index contributed by atoms with van der Waals surface area (Å²) >= 11 is 5.85. The molecule has 0 aromatic heterocycles. The van der Waals surface area contributed by atoms with Crippen molar-refractivity contribution in [3.63, 3.8) is 0 Å². The lowest BCUT2D eigenvalue weighted by atomic mass is 10.1. The second-order valence-electron chi connectivity index (χ2n) is 6.68. The number of hydrogen-bond donors (Lipinski definition) is 1. The Morgan fingerprint density at radius 2 is 1.76 bits per heavy atom. The maximum atomic E-state index is 12.2. The molecule has 1 aliphatic carbocycles. The van der Waals surface area contributed by atoms with E-state index in [-0.39, 0.29) is 18.5 Å². The highest BCUT2D eigenvalue weighted by atomic mass is 35.5. The van der Waals surface area contributed by atoms with E-state index in [1.54, 1.807) is 0 Å². The van der Waals surface area contributed by atoms with E-state index in [1.165, 1.54) is 10.6 Å². The lowest BCUT2D eigenvalue weighted by molar-refractivity contribution is -0.121. The molecule has 0 aliphatic heterocycles. The number of carbonyl (C=O) groups is 1. The Morgan fingerprint density at radius 3 is 2.32 bits per heavy atom. The van der Waals surface area contributed by atoms with Gasteiger partial charge in [-0.1, -0.05) is 49.4 Å². The van der Waals surface area contributed by atoms with Crippen LogP contribution in [0.2, 0.25) is 5.02 Å². The summed E-state index contributed by atoms with van der Waals surface area (Å²) in [5.41, 5.74) is 1.08. The molecule has 1 aromatic carbocycles. The smallest absolute Gasteiger partial charge is 0.235 e. The molecular formula is C18H27ClN2O3S. The third-order valence-corrected chi connectivity index (χ3v) is 6.14. The molecule has 140 valence electrons. The van der Waals surface area contributed by atoms with E-state index in [2.05, 4.69) is 5.32 Å². The van der Waals surface area contributed by atoms with Crippen LogP contribution in [0.15, 0.2) is 24.3 Å². The standard InChI is InChI=1S/C18H27ClN2O3S/c1-25(23,24)21(17-6-4-2-3-5-7-17)14-18(22)20-13-12-15-8-10-16(19)11-9-15/h8-11,17H,2-7,12-14H2,1H3,(H,20,22). The van der Waals surface area contributed by atoms with Crippen LogP contribution >= 0.6 is 11.6 Å². The van der Waals surface area contributed by atoms with Gasteiger partial charge < -0.3 is 5.32 Å². The van der Waals surface area contributed by atoms with E-state index in [1.807, 2.05) is 24.3 Å². The van der Waals surface area contributed by atoms with E-state index in [0.717, 1.165) is 44.1 Å². The summed E-state index contributed by atoms with van der Waals surface area (Å²) in [5, 5.41) is 3.51. The zero-order valence-electron chi connectivity index (χ0n) is 14.7. The van der Waals surface area contributed by atoms with Crippen LogP contribution in [0, 0.1) is 0 Å². The number of carbonyl (C=O) groups excluding carboxylic acids is 1. The molecule has 1 N–H and O–H groups in total. The van der Waals surface area contributed by atoms with Crippen LogP contribution in [0.3, 0.4) is 0 Å². The fourth-order valence-electron chi connectivity index (χ4n) is 3.26. The van der Waals surface area contributed by atoms with Gasteiger partial charge in [-0.2, -0.15) is 4.31 Å². The molecule has 25 heavy (non-hydrogen) atoms. The molecule has 7 heteroatoms. The van der Waals surface area contributed by atoms with E-state index in [9.17, 15) is 13.2 Å². The van der Waals surface area contributed by atoms with Gasteiger partial charge in [-0.25, -0.2) is 8.42 Å². The third kappa shape index (κ3) is 6.96. The zero-order chi connectivity index (χ0) is 18.3. The second-order valence-corrected chi connectivity index (χ2v) is 9.05. The van der Waals surface area contributed by atoms with Crippen LogP contribution in [-0.2, 0) is 21.2 Å². The molecule has 1 aliphatic rings. The monoisotopic (exact) mass is 386 g/mol. The van der Waals surface area contributed by atoms with E-state index < -0.39 is 10.0 Å². The molecule has 0 unspecified atom stereocenters. The first-order valence-corrected chi connectivity index (χ1v) is 11.1. The molecule has 0 radical (unpaired) electrons. The highest BCUT2D eigenvalue weighted by molar-refractivity contribution is 7.88. The maximum absolute atomic E-state index is 12.2. The van der Waals surface area contributed by atoms with Crippen molar-refractivity contribution in [2.45, 2.75) is 51.0 Å². The minimum Gasteiger partial charge on any atom is -0.355 e. The summed E-state index contributed by atoms with van der Waals surface area (Å²) in [5.74, 6) is -0.247. The van der Waals surface area contributed by atoms with E-state index in [4.69, 9.17) is 11.6 Å². The number of amides is 1. The van der Waals surface area contributed by atoms with E-state index >= 15 is 0 Å². The predicted octanol–water partition coefficient (Wildman–Crippen LogP) is 2.98. The highest BCUT2D eigenvalue weighted by Crippen LogP contribution is 2.23. The average molecular weight is 387 g/mol. The van der Waals surface area contributed by atoms with Crippen molar-refractivity contribution < 1.29 is 13.2 Å². The second kappa shape index (κ2) is 9.55. The Hall–Kier alpha value is -1.11. The van der Waals surface area contributed by atoms with Gasteiger partial charge in [-0.15, -0.1) is 0 Å². The first-order chi connectivity index (χ1) is 11.9. The van der Waals surface area contributed by atoms with Crippen molar-refractivity contribution in [3.05, 3.63) is 34.9 Å². The maximum Gasteiger partial charge on any atom is 0.235 e. The summed E-state index contributed by atoms with van der Waals surface area (Å²) in [4.78, 5) is 12.2. The zero-order valence-corrected chi connectivity index (χ0v) is 16.3. The van der Waals surface area contributed by atoms with Gasteiger partial charge in [-0.3, -0.25) is 4.79 Å². The Bertz CT molecular complexity index is 653. The summed E-state index contributed by atoms with van der Waals surface area (Å²) < 4.78 is 25.7. The molecule has 0 bridgehead atoms. The number of rotatable bonds is 7. The van der Waals surface area contributed by atoms with Crippen LogP contribution < -0.4 is 5.32 Å². The van der Waals surface area contributed by atoms with Crippen molar-refractivity contribution in [3.8, 4) is 0 Å². The normalized spacial score (nSPS) is 16.6. The average Bonchev–Trinajstić information content (AvgIpc) is 2.82. The van der Waals surface area contributed by atoms with Gasteiger partial charge >= 0.3 is 0 Å². The first-order valence-electron chi connectivity index (χ1n) is 8.84. The molecule has 1 fully saturated rings. The molecule has 1 aromatic rings. The number of sulfonamides is 1. The van der Waals surface area contributed by atoms with Crippen molar-refractivity contribution in [1.82, 2.24) is 9.62 Å². The van der Waals surface area contributed by atoms with Crippen LogP contribution in [0.5, 0.6) is 0 Å². The number of benzene rings is 1. The topological polar surface area (TPSA) is 66.5 Å². The molecule has 5 nitrogen and oxygen atoms in total. The van der Waals surface area contributed by atoms with Gasteiger partial charge in [0.2, 0.25) is 15.9 Å². The largest absolute Gasteiger partial charge is 0.355 e. The van der Waals surface area contributed by atoms with Crippen molar-refractivity contribution in [2.24, 2.45) is 0 Å². The molecule has 1 amide bonds. The van der Waals surface area contributed by atoms with Crippen molar-refractivity contribution in [2.75, 3.05) is 19.3 Å². The molecular weight excluding hydrogens is 360 g/mol. The van der Waals surface area contributed by atoms with Gasteiger partial charge in [0.05, 0.1) is 12.8 Å². The molecule has 0 saturated heterocycles. The number of nitrogens with zero attached hydrogens (tertiary/aromatic N) is 1. The molecule has 2 rings (SSSR count). The van der Waals surface area contributed by atoms with Gasteiger partial charge in [0.15, 0.2) is 0 Å². The van der Waals surface area contributed by atoms with Crippen LogP contribution in [0.25, 0.3) is 0 Å². The van der Waals surface area contributed by atoms with Gasteiger partial charge in [-0.05, 0) is 37.0 Å². The lowest BCUT2D eigenvalue weighted by Crippen LogP contribution is -2.46. The number of hydrogen-bond acceptors (Lipinski definition) is 3. The van der Waals surface area contributed by atoms with Crippen molar-refractivity contribution >= 4 is 27.5 Å². The lowest BCUT2D eigenvalue weighted by Gasteiger charge is -2.28. The van der Waals surface area contributed by atoms with Crippen LogP contribution in [0.1, 0.15) is 44.1 Å². The fraction of sp³-hybridized carbons (Fsp3) is 0.611. The SMILES string of the molecule is CS(=O)(=O)N(CC(=O)NCCc1ccc(Cl)cc1)C1CCCCCC1. The Morgan fingerprint density at radius 1 is 1.16 bits per heavy atom. The van der Waals surface area contributed by atoms with Crippen LogP contribution in [0.4, 0.5) is 0 Å². The van der Waals surface area contributed by atoms with Gasteiger partial charge in [0, 0.05) is 17.6 Å². The minimum absolute atomic E-state index is 0.0560. The van der Waals surface area contributed by atoms with E-state index in [0.29, 0.717) is 18.0 Å².